The Balaban J connectivity index is 1.67. The average molecular weight is 370 g/mol. The number of thiazole rings is 1. The second-order valence-corrected chi connectivity index (χ2v) is 10.2. The number of nitrogens with two attached hydrogens (primary N) is 1. The van der Waals surface area contributed by atoms with Crippen LogP contribution < -0.4 is 10.6 Å². The van der Waals surface area contributed by atoms with Gasteiger partial charge >= 0.3 is 0 Å². The van der Waals surface area contributed by atoms with E-state index in [1.165, 1.54) is 29.5 Å². The predicted molar refractivity (Wildman–Crippen MR) is 112 cm³/mol. The summed E-state index contributed by atoms with van der Waals surface area (Å²) in [7, 11) is 0. The molecule has 1 aromatic heterocycles. The van der Waals surface area contributed by atoms with Crippen LogP contribution in [0.5, 0.6) is 0 Å². The van der Waals surface area contributed by atoms with E-state index >= 15 is 0 Å². The zero-order valence-corrected chi connectivity index (χ0v) is 17.3. The van der Waals surface area contributed by atoms with Crippen molar-refractivity contribution in [1.29, 1.82) is 0 Å². The van der Waals surface area contributed by atoms with Gasteiger partial charge in [0.15, 0.2) is 5.13 Å². The number of aromatic nitrogens is 1. The number of anilines is 1. The van der Waals surface area contributed by atoms with Crippen LogP contribution in [0.15, 0.2) is 23.6 Å². The third kappa shape index (κ3) is 3.18. The molecule has 4 heteroatoms. The Morgan fingerprint density at radius 3 is 2.58 bits per heavy atom. The van der Waals surface area contributed by atoms with Gasteiger partial charge in [-0.1, -0.05) is 39.8 Å². The van der Waals surface area contributed by atoms with Crippen LogP contribution in [0.1, 0.15) is 64.5 Å². The van der Waals surface area contributed by atoms with E-state index in [1.807, 2.05) is 0 Å². The fourth-order valence-electron chi connectivity index (χ4n) is 4.47. The van der Waals surface area contributed by atoms with Crippen molar-refractivity contribution in [2.45, 2.75) is 70.3 Å². The van der Waals surface area contributed by atoms with E-state index in [-0.39, 0.29) is 16.9 Å². The van der Waals surface area contributed by atoms with Gasteiger partial charge in [0.1, 0.15) is 0 Å². The molecule has 0 spiro atoms. The van der Waals surface area contributed by atoms with Gasteiger partial charge in [0.2, 0.25) is 0 Å². The molecule has 1 fully saturated rings. The van der Waals surface area contributed by atoms with E-state index in [4.69, 9.17) is 10.7 Å². The van der Waals surface area contributed by atoms with Crippen molar-refractivity contribution in [1.82, 2.24) is 4.98 Å². The predicted octanol–water partition coefficient (Wildman–Crippen LogP) is 5.09. The summed E-state index contributed by atoms with van der Waals surface area (Å²) in [5, 5.41) is 3.32. The molecule has 26 heavy (non-hydrogen) atoms. The molecular weight excluding hydrogens is 338 g/mol. The van der Waals surface area contributed by atoms with E-state index in [1.54, 1.807) is 11.3 Å². The van der Waals surface area contributed by atoms with Gasteiger partial charge in [-0.05, 0) is 53.7 Å². The molecule has 2 heterocycles. The maximum Gasteiger partial charge on any atom is 0.185 e. The Morgan fingerprint density at radius 1 is 1.12 bits per heavy atom. The number of piperidine rings is 1. The van der Waals surface area contributed by atoms with E-state index in [2.05, 4.69) is 56.2 Å². The molecule has 1 aromatic carbocycles. The highest BCUT2D eigenvalue weighted by molar-refractivity contribution is 7.14. The third-order valence-corrected chi connectivity index (χ3v) is 7.27. The molecule has 4 rings (SSSR count). The van der Waals surface area contributed by atoms with Gasteiger partial charge in [0, 0.05) is 30.1 Å². The van der Waals surface area contributed by atoms with Crippen molar-refractivity contribution in [3.8, 4) is 11.3 Å². The van der Waals surface area contributed by atoms with Crippen molar-refractivity contribution in [3.63, 3.8) is 0 Å². The van der Waals surface area contributed by atoms with Crippen LogP contribution in [0.4, 0.5) is 5.13 Å². The lowest BCUT2D eigenvalue weighted by atomic mass is 9.63. The number of hydrogen-bond donors (Lipinski definition) is 1. The summed E-state index contributed by atoms with van der Waals surface area (Å²) in [5.41, 5.74) is 12.0. The lowest BCUT2D eigenvalue weighted by Crippen LogP contribution is -2.42. The SMILES string of the molecule is CC1(C)CCC(C)(C)c2cc(-c3csc(N4CCCC(N)C4)n3)ccc21. The molecule has 0 saturated carbocycles. The van der Waals surface area contributed by atoms with E-state index in [0.29, 0.717) is 0 Å². The highest BCUT2D eigenvalue weighted by atomic mass is 32.1. The quantitative estimate of drug-likeness (QED) is 0.802. The minimum absolute atomic E-state index is 0.235. The minimum Gasteiger partial charge on any atom is -0.347 e. The lowest BCUT2D eigenvalue weighted by Gasteiger charge is -2.42. The van der Waals surface area contributed by atoms with E-state index in [0.717, 1.165) is 36.8 Å². The van der Waals surface area contributed by atoms with Crippen LogP contribution >= 0.6 is 11.3 Å². The molecule has 2 aromatic rings. The van der Waals surface area contributed by atoms with Crippen molar-refractivity contribution >= 4 is 16.5 Å². The largest absolute Gasteiger partial charge is 0.347 e. The van der Waals surface area contributed by atoms with E-state index in [9.17, 15) is 0 Å². The number of nitrogens with zero attached hydrogens (tertiary/aromatic N) is 2. The first-order valence-electron chi connectivity index (χ1n) is 9.88. The smallest absolute Gasteiger partial charge is 0.185 e. The van der Waals surface area contributed by atoms with Crippen molar-refractivity contribution in [3.05, 3.63) is 34.7 Å². The first kappa shape index (κ1) is 18.0. The lowest BCUT2D eigenvalue weighted by molar-refractivity contribution is 0.332. The molecule has 1 unspecified atom stereocenters. The van der Waals surface area contributed by atoms with Crippen molar-refractivity contribution in [2.75, 3.05) is 18.0 Å². The van der Waals surface area contributed by atoms with Crippen LogP contribution in [0.2, 0.25) is 0 Å². The fourth-order valence-corrected chi connectivity index (χ4v) is 5.35. The second-order valence-electron chi connectivity index (χ2n) is 9.39. The molecule has 2 aliphatic rings. The topological polar surface area (TPSA) is 42.1 Å². The Morgan fingerprint density at radius 2 is 1.85 bits per heavy atom. The molecule has 1 aliphatic heterocycles. The Kier molecular flexibility index (Phi) is 4.39. The number of rotatable bonds is 2. The zero-order valence-electron chi connectivity index (χ0n) is 16.5. The summed E-state index contributed by atoms with van der Waals surface area (Å²) >= 11 is 1.75. The Labute approximate surface area is 161 Å². The van der Waals surface area contributed by atoms with Gasteiger partial charge in [-0.15, -0.1) is 11.3 Å². The van der Waals surface area contributed by atoms with Crippen LogP contribution in [-0.4, -0.2) is 24.1 Å². The molecule has 1 aliphatic carbocycles. The zero-order chi connectivity index (χ0) is 18.5. The first-order chi connectivity index (χ1) is 12.3. The normalized spacial score (nSPS) is 24.3. The number of benzene rings is 1. The van der Waals surface area contributed by atoms with Crippen LogP contribution in [-0.2, 0) is 10.8 Å². The summed E-state index contributed by atoms with van der Waals surface area (Å²) in [4.78, 5) is 7.32. The summed E-state index contributed by atoms with van der Waals surface area (Å²) in [6.07, 6.45) is 4.79. The standard InChI is InChI=1S/C22H31N3S/c1-21(2)9-10-22(3,4)18-12-15(7-8-17(18)21)19-14-26-20(24-19)25-11-5-6-16(23)13-25/h7-8,12,14,16H,5-6,9-11,13,23H2,1-4H3. The highest BCUT2D eigenvalue weighted by Crippen LogP contribution is 2.46. The van der Waals surface area contributed by atoms with Crippen LogP contribution in [0.3, 0.4) is 0 Å². The maximum absolute atomic E-state index is 6.15. The molecular formula is C22H31N3S. The number of fused-ring (bicyclic) bond motifs is 1. The summed E-state index contributed by atoms with van der Waals surface area (Å²) in [5.74, 6) is 0. The highest BCUT2D eigenvalue weighted by Gasteiger charge is 2.37. The molecule has 3 nitrogen and oxygen atoms in total. The monoisotopic (exact) mass is 369 g/mol. The Bertz CT molecular complexity index is 805. The molecule has 1 atom stereocenters. The van der Waals surface area contributed by atoms with Crippen molar-refractivity contribution < 1.29 is 0 Å². The summed E-state index contributed by atoms with van der Waals surface area (Å²) < 4.78 is 0. The molecule has 0 bridgehead atoms. The van der Waals surface area contributed by atoms with Crippen LogP contribution in [0.25, 0.3) is 11.3 Å². The molecule has 0 radical (unpaired) electrons. The third-order valence-electron chi connectivity index (χ3n) is 6.37. The van der Waals surface area contributed by atoms with Gasteiger partial charge in [-0.3, -0.25) is 0 Å². The average Bonchev–Trinajstić information content (AvgIpc) is 3.09. The summed E-state index contributed by atoms with van der Waals surface area (Å²) in [6, 6.07) is 7.30. The van der Waals surface area contributed by atoms with E-state index < -0.39 is 0 Å². The maximum atomic E-state index is 6.15. The fraction of sp³-hybridized carbons (Fsp3) is 0.591. The van der Waals surface area contributed by atoms with Gasteiger partial charge in [0.25, 0.3) is 0 Å². The first-order valence-corrected chi connectivity index (χ1v) is 10.8. The minimum atomic E-state index is 0.235. The Hall–Kier alpha value is -1.39. The summed E-state index contributed by atoms with van der Waals surface area (Å²) in [6.45, 7) is 11.5. The van der Waals surface area contributed by atoms with Gasteiger partial charge in [-0.2, -0.15) is 0 Å². The van der Waals surface area contributed by atoms with Crippen molar-refractivity contribution in [2.24, 2.45) is 5.73 Å². The van der Waals surface area contributed by atoms with Gasteiger partial charge < -0.3 is 10.6 Å². The number of hydrogen-bond acceptors (Lipinski definition) is 4. The molecule has 140 valence electrons. The second kappa shape index (κ2) is 6.35. The molecule has 1 saturated heterocycles. The molecule has 0 amide bonds. The van der Waals surface area contributed by atoms with Gasteiger partial charge in [-0.25, -0.2) is 4.98 Å². The molecule has 2 N–H and O–H groups in total. The van der Waals surface area contributed by atoms with Gasteiger partial charge in [0.05, 0.1) is 5.69 Å². The van der Waals surface area contributed by atoms with Crippen LogP contribution in [0, 0.1) is 0 Å².